The number of carbonyl (C=O) groups excluding carboxylic acids is 1. The third-order valence-corrected chi connectivity index (χ3v) is 7.16. The lowest BCUT2D eigenvalue weighted by atomic mass is 10.1. The number of carbonyl (C=O) groups is 1. The van der Waals surface area contributed by atoms with Gasteiger partial charge in [0.15, 0.2) is 18.1 Å². The molecule has 1 aromatic heterocycles. The van der Waals surface area contributed by atoms with Crippen LogP contribution in [-0.4, -0.2) is 35.0 Å². The molecule has 3 aromatic carbocycles. The van der Waals surface area contributed by atoms with Gasteiger partial charge in [0.05, 0.1) is 23.7 Å². The molecule has 0 saturated carbocycles. The second-order valence-corrected chi connectivity index (χ2v) is 10.5. The fourth-order valence-corrected chi connectivity index (χ4v) is 4.58. The second kappa shape index (κ2) is 13.0. The van der Waals surface area contributed by atoms with Crippen molar-refractivity contribution in [3.8, 4) is 11.5 Å². The van der Waals surface area contributed by atoms with Gasteiger partial charge in [-0.25, -0.2) is 4.98 Å². The van der Waals surface area contributed by atoms with Gasteiger partial charge in [-0.3, -0.25) is 9.59 Å². The summed E-state index contributed by atoms with van der Waals surface area (Å²) in [6.07, 6.45) is 2.38. The highest BCUT2D eigenvalue weighted by Gasteiger charge is 2.17. The third-order valence-electron chi connectivity index (χ3n) is 5.98. The van der Waals surface area contributed by atoms with E-state index in [1.54, 1.807) is 36.5 Å². The van der Waals surface area contributed by atoms with Crippen LogP contribution in [-0.2, 0) is 4.79 Å². The minimum Gasteiger partial charge on any atom is -0.490 e. The number of benzene rings is 3. The van der Waals surface area contributed by atoms with Crippen LogP contribution in [0, 0.1) is 0 Å². The summed E-state index contributed by atoms with van der Waals surface area (Å²) in [5, 5.41) is 7.81. The Kier molecular flexibility index (Phi) is 9.53. The molecule has 0 aliphatic rings. The number of nitrogens with zero attached hydrogens (tertiary/aromatic N) is 3. The van der Waals surface area contributed by atoms with Crippen LogP contribution < -0.4 is 20.3 Å². The Bertz CT molecular complexity index is 1570. The number of amides is 1. The number of nitrogens with one attached hydrogen (secondary N) is 1. The van der Waals surface area contributed by atoms with Crippen molar-refractivity contribution < 1.29 is 14.3 Å². The molecular formula is C29H28Br2N4O4. The van der Waals surface area contributed by atoms with Crippen LogP contribution in [0.2, 0.25) is 0 Å². The van der Waals surface area contributed by atoms with Crippen molar-refractivity contribution in [1.82, 2.24) is 9.66 Å². The van der Waals surface area contributed by atoms with E-state index in [2.05, 4.69) is 42.3 Å². The van der Waals surface area contributed by atoms with E-state index in [1.165, 1.54) is 4.68 Å². The van der Waals surface area contributed by atoms with E-state index >= 15 is 0 Å². The van der Waals surface area contributed by atoms with Gasteiger partial charge in [0.25, 0.3) is 11.5 Å². The zero-order valence-corrected chi connectivity index (χ0v) is 25.0. The number of ether oxygens (including phenoxy) is 2. The van der Waals surface area contributed by atoms with Gasteiger partial charge >= 0.3 is 0 Å². The number of fused-ring (bicyclic) bond motifs is 1. The highest BCUT2D eigenvalue weighted by atomic mass is 79.9. The molecule has 0 saturated heterocycles. The molecule has 0 bridgehead atoms. The van der Waals surface area contributed by atoms with E-state index in [-0.39, 0.29) is 24.0 Å². The lowest BCUT2D eigenvalue weighted by molar-refractivity contribution is -0.118. The highest BCUT2D eigenvalue weighted by Crippen LogP contribution is 2.33. The smallest absolute Gasteiger partial charge is 0.282 e. The molecule has 1 atom stereocenters. The predicted molar refractivity (Wildman–Crippen MR) is 161 cm³/mol. The minimum absolute atomic E-state index is 0.0168. The van der Waals surface area contributed by atoms with Gasteiger partial charge in [-0.2, -0.15) is 9.78 Å². The van der Waals surface area contributed by atoms with Gasteiger partial charge < -0.3 is 14.8 Å². The maximum atomic E-state index is 13.4. The summed E-state index contributed by atoms with van der Waals surface area (Å²) in [5.74, 6) is 1.16. The normalized spacial score (nSPS) is 12.0. The molecule has 1 amide bonds. The Balaban J connectivity index is 1.64. The van der Waals surface area contributed by atoms with Crippen molar-refractivity contribution >= 4 is 60.6 Å². The fraction of sp³-hybridized carbons (Fsp3) is 0.241. The predicted octanol–water partition coefficient (Wildman–Crippen LogP) is 6.73. The van der Waals surface area contributed by atoms with Gasteiger partial charge in [0.2, 0.25) is 0 Å². The van der Waals surface area contributed by atoms with Crippen molar-refractivity contribution in [3.63, 3.8) is 0 Å². The first kappa shape index (κ1) is 28.5. The van der Waals surface area contributed by atoms with Crippen LogP contribution in [0.25, 0.3) is 10.9 Å². The number of hydrogen-bond donors (Lipinski definition) is 1. The van der Waals surface area contributed by atoms with Crippen molar-refractivity contribution in [1.29, 1.82) is 0 Å². The van der Waals surface area contributed by atoms with Crippen molar-refractivity contribution in [2.45, 2.75) is 33.1 Å². The summed E-state index contributed by atoms with van der Waals surface area (Å²) in [6, 6.07) is 18.1. The molecule has 0 unspecified atom stereocenters. The summed E-state index contributed by atoms with van der Waals surface area (Å²) in [6.45, 7) is 6.12. The van der Waals surface area contributed by atoms with Gasteiger partial charge in [-0.15, -0.1) is 0 Å². The zero-order valence-electron chi connectivity index (χ0n) is 21.8. The van der Waals surface area contributed by atoms with Gasteiger partial charge in [0, 0.05) is 26.1 Å². The first-order valence-electron chi connectivity index (χ1n) is 12.5. The fourth-order valence-electron chi connectivity index (χ4n) is 3.79. The number of anilines is 1. The number of rotatable bonds is 10. The molecule has 4 aromatic rings. The average molecular weight is 656 g/mol. The van der Waals surface area contributed by atoms with Crippen LogP contribution in [0.15, 0.2) is 79.5 Å². The molecule has 8 nitrogen and oxygen atoms in total. The first-order chi connectivity index (χ1) is 18.8. The maximum absolute atomic E-state index is 13.4. The molecule has 4 rings (SSSR count). The van der Waals surface area contributed by atoms with Crippen LogP contribution in [0.1, 0.15) is 44.5 Å². The molecule has 0 aliphatic carbocycles. The molecule has 10 heteroatoms. The monoisotopic (exact) mass is 654 g/mol. The minimum atomic E-state index is -0.294. The van der Waals surface area contributed by atoms with Crippen molar-refractivity contribution in [2.75, 3.05) is 18.5 Å². The molecule has 202 valence electrons. The number of hydrogen-bond acceptors (Lipinski definition) is 6. The van der Waals surface area contributed by atoms with Crippen LogP contribution >= 0.6 is 31.9 Å². The first-order valence-corrected chi connectivity index (χ1v) is 14.1. The molecule has 0 fully saturated rings. The Labute approximate surface area is 243 Å². The Morgan fingerprint density at radius 1 is 1.08 bits per heavy atom. The van der Waals surface area contributed by atoms with E-state index in [1.807, 2.05) is 51.1 Å². The molecule has 39 heavy (non-hydrogen) atoms. The van der Waals surface area contributed by atoms with Crippen molar-refractivity contribution in [2.24, 2.45) is 5.10 Å². The van der Waals surface area contributed by atoms with E-state index in [4.69, 9.17) is 14.5 Å². The lowest BCUT2D eigenvalue weighted by Gasteiger charge is -2.15. The SMILES string of the molecule is CCOc1cc(C=Nn2c([C@@H](C)CC)nc3ccc(Br)cc3c2=O)c(Br)cc1OCC(=O)Nc1ccccc1. The number of para-hydroxylation sites is 1. The standard InChI is InChI=1S/C29H28Br2N4O4/c1-4-18(3)28-34-24-12-11-20(30)14-22(24)29(37)35(28)32-16-19-13-25(38-5-2)26(15-23(19)31)39-17-27(36)33-21-9-7-6-8-10-21/h6-16,18H,4-5,17H2,1-3H3,(H,33,36)/t18-/m0/s1. The van der Waals surface area contributed by atoms with Crippen LogP contribution in [0.3, 0.4) is 0 Å². The molecule has 1 N–H and O–H groups in total. The summed E-state index contributed by atoms with van der Waals surface area (Å²) in [5.41, 5.74) is 1.73. The zero-order chi connectivity index (χ0) is 27.9. The largest absolute Gasteiger partial charge is 0.490 e. The van der Waals surface area contributed by atoms with E-state index < -0.39 is 0 Å². The Hall–Kier alpha value is -3.50. The van der Waals surface area contributed by atoms with E-state index in [9.17, 15) is 9.59 Å². The second-order valence-electron chi connectivity index (χ2n) is 8.76. The molecular weight excluding hydrogens is 628 g/mol. The van der Waals surface area contributed by atoms with Crippen molar-refractivity contribution in [3.05, 3.63) is 91.4 Å². The Morgan fingerprint density at radius 3 is 2.54 bits per heavy atom. The number of aromatic nitrogens is 2. The highest BCUT2D eigenvalue weighted by molar-refractivity contribution is 9.10. The Morgan fingerprint density at radius 2 is 1.82 bits per heavy atom. The topological polar surface area (TPSA) is 94.8 Å². The summed E-state index contributed by atoms with van der Waals surface area (Å²) < 4.78 is 14.4. The summed E-state index contributed by atoms with van der Waals surface area (Å²) in [7, 11) is 0. The summed E-state index contributed by atoms with van der Waals surface area (Å²) in [4.78, 5) is 30.5. The molecule has 1 heterocycles. The number of halogens is 2. The quantitative estimate of drug-likeness (QED) is 0.191. The average Bonchev–Trinajstić information content (AvgIpc) is 2.93. The van der Waals surface area contributed by atoms with Crippen LogP contribution in [0.4, 0.5) is 5.69 Å². The van der Waals surface area contributed by atoms with E-state index in [0.29, 0.717) is 50.6 Å². The van der Waals surface area contributed by atoms with Crippen LogP contribution in [0.5, 0.6) is 11.5 Å². The lowest BCUT2D eigenvalue weighted by Crippen LogP contribution is -2.23. The summed E-state index contributed by atoms with van der Waals surface area (Å²) >= 11 is 6.99. The van der Waals surface area contributed by atoms with Gasteiger partial charge in [-0.05, 0) is 71.7 Å². The molecule has 0 radical (unpaired) electrons. The third kappa shape index (κ3) is 6.93. The maximum Gasteiger partial charge on any atom is 0.282 e. The van der Waals surface area contributed by atoms with Gasteiger partial charge in [-0.1, -0.05) is 48.0 Å². The molecule has 0 spiro atoms. The van der Waals surface area contributed by atoms with E-state index in [0.717, 1.165) is 10.9 Å². The molecule has 0 aliphatic heterocycles. The van der Waals surface area contributed by atoms with Gasteiger partial charge in [0.1, 0.15) is 5.82 Å².